The Hall–Kier alpha value is -2.36. The van der Waals surface area contributed by atoms with Crippen LogP contribution in [0.25, 0.3) is 0 Å². The van der Waals surface area contributed by atoms with Crippen molar-refractivity contribution in [1.82, 2.24) is 0 Å². The maximum atomic E-state index is 11.5. The molecule has 24 heavy (non-hydrogen) atoms. The van der Waals surface area contributed by atoms with Crippen molar-refractivity contribution in [2.45, 2.75) is 12.8 Å². The normalized spacial score (nSPS) is 28.2. The first kappa shape index (κ1) is 18.0. The Morgan fingerprint density at radius 1 is 1.08 bits per heavy atom. The van der Waals surface area contributed by atoms with Crippen molar-refractivity contribution in [1.29, 1.82) is 0 Å². The first-order chi connectivity index (χ1) is 11.7. The summed E-state index contributed by atoms with van der Waals surface area (Å²) in [5, 5.41) is 0. The monoisotopic (exact) mass is 328 g/mol. The molecule has 1 fully saturated rings. The van der Waals surface area contributed by atoms with Crippen LogP contribution in [0, 0.1) is 23.7 Å². The summed E-state index contributed by atoms with van der Waals surface area (Å²) in [5.74, 6) is 1.11. The highest BCUT2D eigenvalue weighted by Crippen LogP contribution is 2.48. The van der Waals surface area contributed by atoms with Gasteiger partial charge in [0.05, 0.1) is 0 Å². The van der Waals surface area contributed by atoms with E-state index < -0.39 is 11.9 Å². The van der Waals surface area contributed by atoms with Crippen molar-refractivity contribution >= 4 is 11.9 Å². The summed E-state index contributed by atoms with van der Waals surface area (Å²) in [4.78, 5) is 22.7. The van der Waals surface area contributed by atoms with Crippen LogP contribution in [0.15, 0.2) is 61.8 Å². The summed E-state index contributed by atoms with van der Waals surface area (Å²) >= 11 is 0. The number of hydrogen-bond acceptors (Lipinski definition) is 4. The smallest absolute Gasteiger partial charge is 0.331 e. The molecule has 0 spiro atoms. The predicted octanol–water partition coefficient (Wildman–Crippen LogP) is 3.39. The highest BCUT2D eigenvalue weighted by atomic mass is 16.5. The summed E-state index contributed by atoms with van der Waals surface area (Å²) in [5.41, 5.74) is 0. The molecular formula is C20H24O4. The molecule has 2 aliphatic rings. The van der Waals surface area contributed by atoms with E-state index in [1.54, 1.807) is 0 Å². The predicted molar refractivity (Wildman–Crippen MR) is 92.9 cm³/mol. The quantitative estimate of drug-likeness (QED) is 0.389. The molecule has 128 valence electrons. The second-order valence-corrected chi connectivity index (χ2v) is 6.01. The molecule has 0 saturated heterocycles. The molecule has 1 saturated carbocycles. The van der Waals surface area contributed by atoms with Gasteiger partial charge in [-0.2, -0.15) is 0 Å². The summed E-state index contributed by atoms with van der Waals surface area (Å²) in [7, 11) is 0. The highest BCUT2D eigenvalue weighted by molar-refractivity contribution is 5.91. The zero-order valence-electron chi connectivity index (χ0n) is 13.8. The Bertz CT molecular complexity index is 570. The van der Waals surface area contributed by atoms with E-state index in [1.807, 2.05) is 6.08 Å². The van der Waals surface area contributed by atoms with Crippen LogP contribution in [0.2, 0.25) is 0 Å². The van der Waals surface area contributed by atoms with Gasteiger partial charge in [0.25, 0.3) is 0 Å². The number of rotatable bonds is 8. The molecule has 0 N–H and O–H groups in total. The van der Waals surface area contributed by atoms with Crippen molar-refractivity contribution in [2.75, 3.05) is 13.2 Å². The van der Waals surface area contributed by atoms with Gasteiger partial charge in [-0.3, -0.25) is 0 Å². The molecule has 4 heteroatoms. The Morgan fingerprint density at radius 2 is 1.79 bits per heavy atom. The van der Waals surface area contributed by atoms with Crippen molar-refractivity contribution in [2.24, 2.45) is 23.7 Å². The van der Waals surface area contributed by atoms with Crippen LogP contribution in [-0.4, -0.2) is 25.2 Å². The van der Waals surface area contributed by atoms with E-state index in [0.717, 1.165) is 25.0 Å². The van der Waals surface area contributed by atoms with Crippen molar-refractivity contribution in [3.63, 3.8) is 0 Å². The van der Waals surface area contributed by atoms with E-state index in [4.69, 9.17) is 9.47 Å². The molecule has 2 aliphatic carbocycles. The van der Waals surface area contributed by atoms with Crippen LogP contribution < -0.4 is 0 Å². The third kappa shape index (κ3) is 4.82. The summed E-state index contributed by atoms with van der Waals surface area (Å²) in [6.07, 6.45) is 16.4. The summed E-state index contributed by atoms with van der Waals surface area (Å²) in [6, 6.07) is 0. The molecule has 4 unspecified atom stereocenters. The number of hydrogen-bond donors (Lipinski definition) is 0. The lowest BCUT2D eigenvalue weighted by Crippen LogP contribution is -2.09. The third-order valence-corrected chi connectivity index (χ3v) is 4.56. The van der Waals surface area contributed by atoms with E-state index in [0.29, 0.717) is 23.7 Å². The SMILES string of the molecule is C=CCOC(=O)/C=C\C(=O)OC/C=C/C1CC(C=C)C2CC=CC12. The number of ether oxygens (including phenoxy) is 2. The average molecular weight is 328 g/mol. The van der Waals surface area contributed by atoms with Crippen molar-refractivity contribution in [3.05, 3.63) is 61.8 Å². The van der Waals surface area contributed by atoms with E-state index in [2.05, 4.69) is 37.5 Å². The van der Waals surface area contributed by atoms with Crippen molar-refractivity contribution < 1.29 is 19.1 Å². The molecule has 4 atom stereocenters. The summed E-state index contributed by atoms with van der Waals surface area (Å²) in [6.45, 7) is 7.68. The third-order valence-electron chi connectivity index (χ3n) is 4.56. The first-order valence-electron chi connectivity index (χ1n) is 8.24. The molecule has 0 aliphatic heterocycles. The number of esters is 2. The lowest BCUT2D eigenvalue weighted by molar-refractivity contribution is -0.139. The molecule has 0 aromatic carbocycles. The van der Waals surface area contributed by atoms with Gasteiger partial charge < -0.3 is 9.47 Å². The van der Waals surface area contributed by atoms with Gasteiger partial charge in [0.2, 0.25) is 0 Å². The molecule has 0 amide bonds. The minimum atomic E-state index is -0.595. The molecule has 0 bridgehead atoms. The molecule has 0 aromatic heterocycles. The average Bonchev–Trinajstić information content (AvgIpc) is 3.18. The number of fused-ring (bicyclic) bond motifs is 1. The largest absolute Gasteiger partial charge is 0.458 e. The zero-order valence-corrected chi connectivity index (χ0v) is 13.8. The van der Waals surface area contributed by atoms with Gasteiger partial charge in [0, 0.05) is 12.2 Å². The highest BCUT2D eigenvalue weighted by Gasteiger charge is 2.40. The first-order valence-corrected chi connectivity index (χ1v) is 8.24. The molecule has 2 rings (SSSR count). The minimum absolute atomic E-state index is 0.116. The van der Waals surface area contributed by atoms with Gasteiger partial charge in [-0.1, -0.05) is 43.0 Å². The fourth-order valence-corrected chi connectivity index (χ4v) is 3.47. The van der Waals surface area contributed by atoms with E-state index in [9.17, 15) is 9.59 Å². The number of allylic oxidation sites excluding steroid dienone is 4. The van der Waals surface area contributed by atoms with Gasteiger partial charge in [-0.25, -0.2) is 9.59 Å². The van der Waals surface area contributed by atoms with Crippen molar-refractivity contribution in [3.8, 4) is 0 Å². The van der Waals surface area contributed by atoms with E-state index >= 15 is 0 Å². The number of carbonyl (C=O) groups excluding carboxylic acids is 2. The maximum absolute atomic E-state index is 11.5. The van der Waals surface area contributed by atoms with Gasteiger partial charge >= 0.3 is 11.9 Å². The van der Waals surface area contributed by atoms with Crippen LogP contribution in [0.3, 0.4) is 0 Å². The Balaban J connectivity index is 1.72. The fraction of sp³-hybridized carbons (Fsp3) is 0.400. The Labute approximate surface area is 143 Å². The van der Waals surface area contributed by atoms with Crippen LogP contribution >= 0.6 is 0 Å². The molecule has 0 radical (unpaired) electrons. The van der Waals surface area contributed by atoms with Gasteiger partial charge in [-0.05, 0) is 36.5 Å². The van der Waals surface area contributed by atoms with Gasteiger partial charge in [0.1, 0.15) is 13.2 Å². The fourth-order valence-electron chi connectivity index (χ4n) is 3.47. The standard InChI is InChI=1S/C20H24O4/c1-3-12-23-19(21)10-11-20(22)24-13-6-7-16-14-15(4-2)17-8-5-9-18(16)17/h3-7,9-11,15-18H,1-2,8,12-14H2/b7-6+,11-10-. The minimum Gasteiger partial charge on any atom is -0.458 e. The van der Waals surface area contributed by atoms with Crippen LogP contribution in [-0.2, 0) is 19.1 Å². The Kier molecular flexibility index (Phi) is 6.79. The van der Waals surface area contributed by atoms with Crippen LogP contribution in [0.4, 0.5) is 0 Å². The second-order valence-electron chi connectivity index (χ2n) is 6.01. The van der Waals surface area contributed by atoms with Gasteiger partial charge in [0.15, 0.2) is 0 Å². The lowest BCUT2D eigenvalue weighted by Gasteiger charge is -2.15. The maximum Gasteiger partial charge on any atom is 0.331 e. The van der Waals surface area contributed by atoms with Crippen LogP contribution in [0.1, 0.15) is 12.8 Å². The number of carbonyl (C=O) groups is 2. The second kappa shape index (κ2) is 9.06. The summed E-state index contributed by atoms with van der Waals surface area (Å²) < 4.78 is 9.76. The van der Waals surface area contributed by atoms with E-state index in [1.165, 1.54) is 6.08 Å². The lowest BCUT2D eigenvalue weighted by atomic mass is 9.90. The molecule has 4 nitrogen and oxygen atoms in total. The molecule has 0 aromatic rings. The zero-order chi connectivity index (χ0) is 17.4. The van der Waals surface area contributed by atoms with Crippen LogP contribution in [0.5, 0.6) is 0 Å². The van der Waals surface area contributed by atoms with E-state index in [-0.39, 0.29) is 13.2 Å². The topological polar surface area (TPSA) is 52.6 Å². The molecule has 0 heterocycles. The van der Waals surface area contributed by atoms with Gasteiger partial charge in [-0.15, -0.1) is 6.58 Å². The Morgan fingerprint density at radius 3 is 2.46 bits per heavy atom. The molecular weight excluding hydrogens is 304 g/mol.